The van der Waals surface area contributed by atoms with Crippen molar-refractivity contribution in [2.75, 3.05) is 4.72 Å². The van der Waals surface area contributed by atoms with Gasteiger partial charge in [-0.05, 0) is 31.2 Å². The van der Waals surface area contributed by atoms with Crippen molar-refractivity contribution in [1.82, 2.24) is 4.98 Å². The molecule has 0 bridgehead atoms. The molecule has 0 aliphatic heterocycles. The number of phenols is 1. The molecule has 1 aromatic carbocycles. The summed E-state index contributed by atoms with van der Waals surface area (Å²) in [4.78, 5) is 3.83. The highest BCUT2D eigenvalue weighted by atomic mass is 32.2. The van der Waals surface area contributed by atoms with Gasteiger partial charge in [-0.15, -0.1) is 0 Å². The zero-order chi connectivity index (χ0) is 13.2. The summed E-state index contributed by atoms with van der Waals surface area (Å²) in [5.41, 5.74) is 0.956. The van der Waals surface area contributed by atoms with E-state index in [9.17, 15) is 13.5 Å². The fraction of sp³-hybridized carbons (Fsp3) is 0.0833. The first-order valence-electron chi connectivity index (χ1n) is 5.23. The van der Waals surface area contributed by atoms with Gasteiger partial charge in [-0.3, -0.25) is 9.71 Å². The number of phenolic OH excluding ortho intramolecular Hbond substituents is 1. The van der Waals surface area contributed by atoms with Crippen molar-refractivity contribution < 1.29 is 13.5 Å². The second-order valence-corrected chi connectivity index (χ2v) is 5.36. The lowest BCUT2D eigenvalue weighted by Crippen LogP contribution is -2.14. The van der Waals surface area contributed by atoms with Crippen LogP contribution in [-0.2, 0) is 10.0 Å². The lowest BCUT2D eigenvalue weighted by atomic mass is 10.3. The maximum absolute atomic E-state index is 12.1. The molecule has 1 aromatic heterocycles. The van der Waals surface area contributed by atoms with Crippen LogP contribution >= 0.6 is 0 Å². The van der Waals surface area contributed by atoms with Crippen LogP contribution in [0.1, 0.15) is 5.69 Å². The van der Waals surface area contributed by atoms with Crippen molar-refractivity contribution in [1.29, 1.82) is 0 Å². The first-order valence-corrected chi connectivity index (χ1v) is 6.71. The minimum absolute atomic E-state index is 0.159. The summed E-state index contributed by atoms with van der Waals surface area (Å²) in [5.74, 6) is -0.286. The average Bonchev–Trinajstić information content (AvgIpc) is 2.32. The van der Waals surface area contributed by atoms with Crippen LogP contribution in [0.3, 0.4) is 0 Å². The maximum atomic E-state index is 12.1. The van der Waals surface area contributed by atoms with Gasteiger partial charge in [-0.25, -0.2) is 8.42 Å². The number of nitrogens with one attached hydrogen (secondary N) is 1. The molecular formula is C12H12N2O3S. The molecule has 18 heavy (non-hydrogen) atoms. The lowest BCUT2D eigenvalue weighted by Gasteiger charge is -2.10. The highest BCUT2D eigenvalue weighted by Gasteiger charge is 2.18. The maximum Gasteiger partial charge on any atom is 0.265 e. The van der Waals surface area contributed by atoms with E-state index in [1.807, 2.05) is 0 Å². The Morgan fingerprint density at radius 3 is 2.56 bits per heavy atom. The quantitative estimate of drug-likeness (QED) is 0.887. The molecule has 0 unspecified atom stereocenters. The number of aromatic nitrogens is 1. The standard InChI is InChI=1S/C12H12N2O3S/c1-9-10(5-4-8-13-9)14-18(16,17)12-7-3-2-6-11(12)15/h2-8,14-15H,1H3. The number of hydrogen-bond donors (Lipinski definition) is 2. The Kier molecular flexibility index (Phi) is 3.20. The molecule has 6 heteroatoms. The summed E-state index contributed by atoms with van der Waals surface area (Å²) in [6.45, 7) is 1.70. The summed E-state index contributed by atoms with van der Waals surface area (Å²) in [6.07, 6.45) is 1.58. The highest BCUT2D eigenvalue weighted by molar-refractivity contribution is 7.92. The smallest absolute Gasteiger partial charge is 0.265 e. The van der Waals surface area contributed by atoms with Crippen molar-refractivity contribution in [2.45, 2.75) is 11.8 Å². The molecule has 2 rings (SSSR count). The largest absolute Gasteiger partial charge is 0.507 e. The fourth-order valence-corrected chi connectivity index (χ4v) is 2.69. The first-order chi connectivity index (χ1) is 8.50. The topological polar surface area (TPSA) is 79.3 Å². The summed E-state index contributed by atoms with van der Waals surface area (Å²) < 4.78 is 26.5. The molecule has 0 aliphatic rings. The highest BCUT2D eigenvalue weighted by Crippen LogP contribution is 2.24. The number of nitrogens with zero attached hydrogens (tertiary/aromatic N) is 1. The molecule has 0 radical (unpaired) electrons. The summed E-state index contributed by atoms with van der Waals surface area (Å²) in [5, 5.41) is 9.56. The predicted octanol–water partition coefficient (Wildman–Crippen LogP) is 1.90. The van der Waals surface area contributed by atoms with E-state index >= 15 is 0 Å². The zero-order valence-electron chi connectivity index (χ0n) is 9.66. The Morgan fingerprint density at radius 2 is 1.89 bits per heavy atom. The molecule has 0 aliphatic carbocycles. The number of anilines is 1. The Hall–Kier alpha value is -2.08. The minimum atomic E-state index is -3.81. The molecule has 0 amide bonds. The summed E-state index contributed by atoms with van der Waals surface area (Å²) >= 11 is 0. The molecule has 2 N–H and O–H groups in total. The van der Waals surface area contributed by atoms with Crippen molar-refractivity contribution in [3.05, 3.63) is 48.3 Å². The van der Waals surface area contributed by atoms with Gasteiger partial charge in [0.25, 0.3) is 10.0 Å². The van der Waals surface area contributed by atoms with Gasteiger partial charge in [0.2, 0.25) is 0 Å². The monoisotopic (exact) mass is 264 g/mol. The number of pyridine rings is 1. The third kappa shape index (κ3) is 2.43. The molecule has 2 aromatic rings. The SMILES string of the molecule is Cc1ncccc1NS(=O)(=O)c1ccccc1O. The van der Waals surface area contributed by atoms with E-state index in [2.05, 4.69) is 9.71 Å². The molecule has 0 saturated heterocycles. The van der Waals surface area contributed by atoms with Crippen LogP contribution in [0.2, 0.25) is 0 Å². The van der Waals surface area contributed by atoms with Crippen LogP contribution in [-0.4, -0.2) is 18.5 Å². The van der Waals surface area contributed by atoms with Gasteiger partial charge in [0.05, 0.1) is 11.4 Å². The van der Waals surface area contributed by atoms with Crippen molar-refractivity contribution in [2.24, 2.45) is 0 Å². The molecule has 0 fully saturated rings. The van der Waals surface area contributed by atoms with Crippen LogP contribution in [0.25, 0.3) is 0 Å². The van der Waals surface area contributed by atoms with Crippen molar-refractivity contribution in [3.63, 3.8) is 0 Å². The number of aryl methyl sites for hydroxylation is 1. The van der Waals surface area contributed by atoms with Crippen LogP contribution < -0.4 is 4.72 Å². The number of hydrogen-bond acceptors (Lipinski definition) is 4. The molecule has 0 atom stereocenters. The van der Waals surface area contributed by atoms with Gasteiger partial charge in [0.15, 0.2) is 0 Å². The molecule has 0 saturated carbocycles. The lowest BCUT2D eigenvalue weighted by molar-refractivity contribution is 0.459. The predicted molar refractivity (Wildman–Crippen MR) is 67.9 cm³/mol. The van der Waals surface area contributed by atoms with Gasteiger partial charge in [0.1, 0.15) is 10.6 Å². The van der Waals surface area contributed by atoms with E-state index in [1.54, 1.807) is 37.4 Å². The Morgan fingerprint density at radius 1 is 1.17 bits per heavy atom. The molecule has 1 heterocycles. The molecule has 0 spiro atoms. The fourth-order valence-electron chi connectivity index (χ4n) is 1.48. The number of benzene rings is 1. The Balaban J connectivity index is 2.40. The van der Waals surface area contributed by atoms with E-state index in [4.69, 9.17) is 0 Å². The van der Waals surface area contributed by atoms with Gasteiger partial charge in [-0.2, -0.15) is 0 Å². The van der Waals surface area contributed by atoms with Gasteiger partial charge < -0.3 is 5.11 Å². The normalized spacial score (nSPS) is 11.2. The summed E-state index contributed by atoms with van der Waals surface area (Å²) in [6, 6.07) is 9.01. The molecule has 94 valence electrons. The third-order valence-electron chi connectivity index (χ3n) is 2.41. The van der Waals surface area contributed by atoms with Crippen LogP contribution in [0.4, 0.5) is 5.69 Å². The Bertz CT molecular complexity index is 669. The zero-order valence-corrected chi connectivity index (χ0v) is 10.5. The number of rotatable bonds is 3. The summed E-state index contributed by atoms with van der Waals surface area (Å²) in [7, 11) is -3.81. The van der Waals surface area contributed by atoms with Crippen molar-refractivity contribution in [3.8, 4) is 5.75 Å². The van der Waals surface area contributed by atoms with Crippen LogP contribution in [0, 0.1) is 6.92 Å². The van der Waals surface area contributed by atoms with Crippen molar-refractivity contribution >= 4 is 15.7 Å². The number of sulfonamides is 1. The van der Waals surface area contributed by atoms with Gasteiger partial charge in [-0.1, -0.05) is 12.1 Å². The average molecular weight is 264 g/mol. The number of para-hydroxylation sites is 1. The van der Waals surface area contributed by atoms with Crippen LogP contribution in [0.15, 0.2) is 47.5 Å². The van der Waals surface area contributed by atoms with Gasteiger partial charge in [0, 0.05) is 6.20 Å². The van der Waals surface area contributed by atoms with E-state index in [-0.39, 0.29) is 10.6 Å². The Labute approximate surface area is 105 Å². The second-order valence-electron chi connectivity index (χ2n) is 3.71. The van der Waals surface area contributed by atoms with Gasteiger partial charge >= 0.3 is 0 Å². The van der Waals surface area contributed by atoms with E-state index in [0.717, 1.165) is 0 Å². The van der Waals surface area contributed by atoms with E-state index < -0.39 is 10.0 Å². The first kappa shape index (κ1) is 12.4. The number of aromatic hydroxyl groups is 1. The minimum Gasteiger partial charge on any atom is -0.507 e. The molecular weight excluding hydrogens is 252 g/mol. The van der Waals surface area contributed by atoms with E-state index in [0.29, 0.717) is 11.4 Å². The second kappa shape index (κ2) is 4.66. The molecule has 5 nitrogen and oxygen atoms in total. The van der Waals surface area contributed by atoms with Crippen LogP contribution in [0.5, 0.6) is 5.75 Å². The van der Waals surface area contributed by atoms with E-state index in [1.165, 1.54) is 12.1 Å². The third-order valence-corrected chi connectivity index (χ3v) is 3.82.